The average molecular weight is 226 g/mol. The van der Waals surface area contributed by atoms with E-state index in [4.69, 9.17) is 0 Å². The molecule has 1 fully saturated rings. The smallest absolute Gasteiger partial charge is 0.000976 e. The second-order valence-corrected chi connectivity index (χ2v) is 6.57. The van der Waals surface area contributed by atoms with Crippen molar-refractivity contribution < 1.29 is 0 Å². The SMILES string of the molecule is CCNCC(C)CNCC1C(C)(C)C1(C)C. The Labute approximate surface area is 102 Å². The van der Waals surface area contributed by atoms with E-state index < -0.39 is 0 Å². The lowest BCUT2D eigenvalue weighted by molar-refractivity contribution is 0.452. The highest BCUT2D eigenvalue weighted by Gasteiger charge is 2.63. The summed E-state index contributed by atoms with van der Waals surface area (Å²) in [6, 6.07) is 0. The number of rotatable bonds is 7. The number of nitrogens with one attached hydrogen (secondary N) is 2. The van der Waals surface area contributed by atoms with E-state index in [1.165, 1.54) is 6.54 Å². The van der Waals surface area contributed by atoms with Crippen molar-refractivity contribution in [2.45, 2.75) is 41.5 Å². The molecule has 16 heavy (non-hydrogen) atoms. The first kappa shape index (κ1) is 14.0. The van der Waals surface area contributed by atoms with Crippen LogP contribution >= 0.6 is 0 Å². The van der Waals surface area contributed by atoms with E-state index in [1.807, 2.05) is 0 Å². The Kier molecular flexibility index (Phi) is 4.42. The lowest BCUT2D eigenvalue weighted by Gasteiger charge is -2.13. The van der Waals surface area contributed by atoms with Crippen molar-refractivity contribution in [2.24, 2.45) is 22.7 Å². The molecular weight excluding hydrogens is 196 g/mol. The lowest BCUT2D eigenvalue weighted by atomic mass is 10.0. The van der Waals surface area contributed by atoms with Crippen LogP contribution in [-0.2, 0) is 0 Å². The fraction of sp³-hybridized carbons (Fsp3) is 1.00. The molecule has 0 aromatic heterocycles. The molecule has 0 aromatic carbocycles. The normalized spacial score (nSPS) is 24.4. The van der Waals surface area contributed by atoms with Gasteiger partial charge >= 0.3 is 0 Å². The van der Waals surface area contributed by atoms with Gasteiger partial charge in [-0.15, -0.1) is 0 Å². The first-order valence-corrected chi connectivity index (χ1v) is 6.75. The van der Waals surface area contributed by atoms with Crippen LogP contribution in [0.15, 0.2) is 0 Å². The topological polar surface area (TPSA) is 24.1 Å². The molecule has 2 nitrogen and oxygen atoms in total. The van der Waals surface area contributed by atoms with E-state index in [9.17, 15) is 0 Å². The minimum absolute atomic E-state index is 0.519. The van der Waals surface area contributed by atoms with E-state index in [2.05, 4.69) is 52.2 Å². The quantitative estimate of drug-likeness (QED) is 0.697. The Balaban J connectivity index is 2.13. The third-order valence-electron chi connectivity index (χ3n) is 4.90. The van der Waals surface area contributed by atoms with Crippen molar-refractivity contribution in [1.29, 1.82) is 0 Å². The van der Waals surface area contributed by atoms with Crippen molar-refractivity contribution in [1.82, 2.24) is 10.6 Å². The monoisotopic (exact) mass is 226 g/mol. The molecule has 0 amide bonds. The molecule has 1 rings (SSSR count). The maximum absolute atomic E-state index is 3.63. The molecule has 0 bridgehead atoms. The largest absolute Gasteiger partial charge is 0.317 e. The first-order valence-electron chi connectivity index (χ1n) is 6.75. The molecule has 96 valence electrons. The number of hydrogen-bond donors (Lipinski definition) is 2. The van der Waals surface area contributed by atoms with Gasteiger partial charge in [0.2, 0.25) is 0 Å². The van der Waals surface area contributed by atoms with Crippen molar-refractivity contribution in [3.05, 3.63) is 0 Å². The van der Waals surface area contributed by atoms with Crippen LogP contribution in [0.5, 0.6) is 0 Å². The van der Waals surface area contributed by atoms with Crippen LogP contribution in [0.2, 0.25) is 0 Å². The van der Waals surface area contributed by atoms with Crippen LogP contribution in [-0.4, -0.2) is 26.2 Å². The van der Waals surface area contributed by atoms with Gasteiger partial charge in [0.05, 0.1) is 0 Å². The number of hydrogen-bond acceptors (Lipinski definition) is 2. The summed E-state index contributed by atoms with van der Waals surface area (Å²) in [7, 11) is 0. The molecule has 0 spiro atoms. The van der Waals surface area contributed by atoms with Gasteiger partial charge in [-0.3, -0.25) is 0 Å². The summed E-state index contributed by atoms with van der Waals surface area (Å²) in [5.41, 5.74) is 1.04. The molecule has 0 saturated heterocycles. The highest BCUT2D eigenvalue weighted by molar-refractivity contribution is 5.12. The molecule has 2 heteroatoms. The molecule has 0 radical (unpaired) electrons. The van der Waals surface area contributed by atoms with E-state index >= 15 is 0 Å². The Bertz CT molecular complexity index is 207. The van der Waals surface area contributed by atoms with Crippen molar-refractivity contribution >= 4 is 0 Å². The van der Waals surface area contributed by atoms with Gasteiger partial charge in [0.15, 0.2) is 0 Å². The second kappa shape index (κ2) is 5.05. The summed E-state index contributed by atoms with van der Waals surface area (Å²) < 4.78 is 0. The molecule has 0 aliphatic heterocycles. The summed E-state index contributed by atoms with van der Waals surface area (Å²) in [5.74, 6) is 1.57. The van der Waals surface area contributed by atoms with Gasteiger partial charge in [-0.1, -0.05) is 41.5 Å². The van der Waals surface area contributed by atoms with E-state index in [0.717, 1.165) is 31.5 Å². The maximum Gasteiger partial charge on any atom is -0.000976 e. The van der Waals surface area contributed by atoms with E-state index in [1.54, 1.807) is 0 Å². The van der Waals surface area contributed by atoms with Gasteiger partial charge in [-0.05, 0) is 48.8 Å². The van der Waals surface area contributed by atoms with Crippen molar-refractivity contribution in [3.63, 3.8) is 0 Å². The summed E-state index contributed by atoms with van der Waals surface area (Å²) in [6.07, 6.45) is 0. The molecule has 1 aliphatic rings. The van der Waals surface area contributed by atoms with Crippen LogP contribution in [0.25, 0.3) is 0 Å². The van der Waals surface area contributed by atoms with Gasteiger partial charge in [-0.25, -0.2) is 0 Å². The fourth-order valence-corrected chi connectivity index (χ4v) is 2.78. The zero-order valence-electron chi connectivity index (χ0n) is 12.0. The standard InChI is InChI=1S/C14H30N2/c1-7-15-8-11(2)9-16-10-12-13(3,4)14(12,5)6/h11-12,15-16H,7-10H2,1-6H3. The summed E-state index contributed by atoms with van der Waals surface area (Å²) >= 11 is 0. The Hall–Kier alpha value is -0.0800. The van der Waals surface area contributed by atoms with Gasteiger partial charge < -0.3 is 10.6 Å². The highest BCUT2D eigenvalue weighted by atomic mass is 14.9. The summed E-state index contributed by atoms with van der Waals surface area (Å²) in [5, 5.41) is 7.02. The minimum Gasteiger partial charge on any atom is -0.317 e. The van der Waals surface area contributed by atoms with Crippen LogP contribution in [0, 0.1) is 22.7 Å². The molecule has 1 aliphatic carbocycles. The average Bonchev–Trinajstić information content (AvgIpc) is 2.57. The third kappa shape index (κ3) is 2.78. The Morgan fingerprint density at radius 2 is 1.50 bits per heavy atom. The third-order valence-corrected chi connectivity index (χ3v) is 4.90. The maximum atomic E-state index is 3.63. The molecular formula is C14H30N2. The van der Waals surface area contributed by atoms with Gasteiger partial charge in [0.25, 0.3) is 0 Å². The molecule has 2 N–H and O–H groups in total. The lowest BCUT2D eigenvalue weighted by Crippen LogP contribution is -2.31. The van der Waals surface area contributed by atoms with Crippen LogP contribution < -0.4 is 10.6 Å². The van der Waals surface area contributed by atoms with Gasteiger partial charge in [-0.2, -0.15) is 0 Å². The van der Waals surface area contributed by atoms with E-state index in [0.29, 0.717) is 10.8 Å². The summed E-state index contributed by atoms with van der Waals surface area (Å²) in [6.45, 7) is 18.5. The van der Waals surface area contributed by atoms with Gasteiger partial charge in [0, 0.05) is 0 Å². The van der Waals surface area contributed by atoms with Crippen molar-refractivity contribution in [3.8, 4) is 0 Å². The molecule has 1 unspecified atom stereocenters. The van der Waals surface area contributed by atoms with Crippen LogP contribution in [0.3, 0.4) is 0 Å². The predicted molar refractivity (Wildman–Crippen MR) is 71.6 cm³/mol. The second-order valence-electron chi connectivity index (χ2n) is 6.57. The molecule has 0 aromatic rings. The van der Waals surface area contributed by atoms with Crippen LogP contribution in [0.4, 0.5) is 0 Å². The Morgan fingerprint density at radius 1 is 1.00 bits per heavy atom. The molecule has 1 saturated carbocycles. The fourth-order valence-electron chi connectivity index (χ4n) is 2.78. The van der Waals surface area contributed by atoms with Crippen LogP contribution in [0.1, 0.15) is 41.5 Å². The molecule has 0 heterocycles. The zero-order valence-corrected chi connectivity index (χ0v) is 12.0. The predicted octanol–water partition coefficient (Wildman–Crippen LogP) is 2.50. The Morgan fingerprint density at radius 3 is 1.94 bits per heavy atom. The van der Waals surface area contributed by atoms with Gasteiger partial charge in [0.1, 0.15) is 0 Å². The summed E-state index contributed by atoms with van der Waals surface area (Å²) in [4.78, 5) is 0. The van der Waals surface area contributed by atoms with Crippen molar-refractivity contribution in [2.75, 3.05) is 26.2 Å². The first-order chi connectivity index (χ1) is 7.34. The highest BCUT2D eigenvalue weighted by Crippen LogP contribution is 2.67. The van der Waals surface area contributed by atoms with E-state index in [-0.39, 0.29) is 0 Å². The minimum atomic E-state index is 0.519. The zero-order chi connectivity index (χ0) is 12.4. The molecule has 1 atom stereocenters.